The molecule has 0 aromatic heterocycles. The third kappa shape index (κ3) is 2.29. The van der Waals surface area contributed by atoms with Crippen LogP contribution >= 0.6 is 0 Å². The van der Waals surface area contributed by atoms with Crippen molar-refractivity contribution in [2.24, 2.45) is 16.8 Å². The van der Waals surface area contributed by atoms with Gasteiger partial charge in [0.05, 0.1) is 0 Å². The van der Waals surface area contributed by atoms with Crippen LogP contribution in [-0.2, 0) is 0 Å². The van der Waals surface area contributed by atoms with E-state index in [-0.39, 0.29) is 5.96 Å². The molecule has 1 aliphatic carbocycles. The van der Waals surface area contributed by atoms with Crippen LogP contribution in [0.25, 0.3) is 0 Å². The molecule has 0 heterocycles. The molecule has 0 unspecified atom stereocenters. The summed E-state index contributed by atoms with van der Waals surface area (Å²) in [5.41, 5.74) is 5.52. The van der Waals surface area contributed by atoms with Crippen molar-refractivity contribution in [2.45, 2.75) is 32.7 Å². The van der Waals surface area contributed by atoms with Gasteiger partial charge in [0.25, 0.3) is 0 Å². The maximum Gasteiger partial charge on any atom is 0.233 e. The van der Waals surface area contributed by atoms with Crippen molar-refractivity contribution in [3.8, 4) is 0 Å². The molecule has 1 fully saturated rings. The number of hydrogen-bond donors (Lipinski definition) is 2. The van der Waals surface area contributed by atoms with E-state index in [0.29, 0.717) is 6.04 Å². The van der Waals surface area contributed by atoms with E-state index < -0.39 is 0 Å². The molecule has 0 bridgehead atoms. The van der Waals surface area contributed by atoms with Crippen LogP contribution in [0.2, 0.25) is 0 Å². The first-order chi connectivity index (χ1) is 5.65. The first-order valence-electron chi connectivity index (χ1n) is 4.39. The standard InChI is InChI=1S/C8H17N3O/c1-6(2)11(8(9)10-12)5-7-3-4-7/h6-7,12H,3-5H2,1-2H3,(H2,9,10). The summed E-state index contributed by atoms with van der Waals surface area (Å²) in [6.07, 6.45) is 2.56. The van der Waals surface area contributed by atoms with E-state index in [4.69, 9.17) is 10.9 Å². The van der Waals surface area contributed by atoms with Crippen LogP contribution in [0.1, 0.15) is 26.7 Å². The molecule has 0 radical (unpaired) electrons. The second kappa shape index (κ2) is 3.65. The highest BCUT2D eigenvalue weighted by Gasteiger charge is 2.26. The van der Waals surface area contributed by atoms with Crippen LogP contribution in [-0.4, -0.2) is 28.7 Å². The molecule has 0 spiro atoms. The van der Waals surface area contributed by atoms with Gasteiger partial charge in [0.15, 0.2) is 0 Å². The molecule has 0 aromatic rings. The van der Waals surface area contributed by atoms with E-state index in [9.17, 15) is 0 Å². The lowest BCUT2D eigenvalue weighted by molar-refractivity contribution is 0.277. The Balaban J connectivity index is 2.47. The molecule has 1 rings (SSSR count). The number of nitrogens with two attached hydrogens (primary N) is 1. The molecule has 0 aliphatic heterocycles. The Bertz CT molecular complexity index is 175. The zero-order chi connectivity index (χ0) is 9.14. The largest absolute Gasteiger partial charge is 0.408 e. The molecule has 0 atom stereocenters. The zero-order valence-electron chi connectivity index (χ0n) is 7.70. The summed E-state index contributed by atoms with van der Waals surface area (Å²) in [4.78, 5) is 1.93. The lowest BCUT2D eigenvalue weighted by atomic mass is 10.3. The molecule has 12 heavy (non-hydrogen) atoms. The molecule has 4 nitrogen and oxygen atoms in total. The zero-order valence-corrected chi connectivity index (χ0v) is 7.70. The summed E-state index contributed by atoms with van der Waals surface area (Å²) < 4.78 is 0. The minimum Gasteiger partial charge on any atom is -0.408 e. The summed E-state index contributed by atoms with van der Waals surface area (Å²) in [5.74, 6) is 0.990. The number of rotatable bonds is 3. The Morgan fingerprint density at radius 3 is 2.58 bits per heavy atom. The van der Waals surface area contributed by atoms with Gasteiger partial charge >= 0.3 is 0 Å². The Morgan fingerprint density at radius 1 is 1.67 bits per heavy atom. The van der Waals surface area contributed by atoms with Gasteiger partial charge in [0, 0.05) is 12.6 Å². The van der Waals surface area contributed by atoms with E-state index in [0.717, 1.165) is 12.5 Å². The van der Waals surface area contributed by atoms with Gasteiger partial charge in [-0.2, -0.15) is 0 Å². The maximum atomic E-state index is 8.51. The summed E-state index contributed by atoms with van der Waals surface area (Å²) in [6, 6.07) is 0.307. The molecule has 0 aromatic carbocycles. The SMILES string of the molecule is CC(C)N(CC1CC1)C(N)=NO. The van der Waals surface area contributed by atoms with Crippen molar-refractivity contribution in [3.63, 3.8) is 0 Å². The van der Waals surface area contributed by atoms with Crippen molar-refractivity contribution in [1.82, 2.24) is 4.90 Å². The highest BCUT2D eigenvalue weighted by atomic mass is 16.4. The molecule has 0 amide bonds. The van der Waals surface area contributed by atoms with Crippen LogP contribution in [0.4, 0.5) is 0 Å². The molecular formula is C8H17N3O. The number of guanidine groups is 1. The second-order valence-electron chi connectivity index (χ2n) is 3.65. The van der Waals surface area contributed by atoms with Crippen LogP contribution in [0.15, 0.2) is 5.16 Å². The molecule has 1 saturated carbocycles. The van der Waals surface area contributed by atoms with Crippen molar-refractivity contribution in [1.29, 1.82) is 0 Å². The number of hydrogen-bond acceptors (Lipinski definition) is 2. The van der Waals surface area contributed by atoms with Gasteiger partial charge in [-0.15, -0.1) is 0 Å². The number of nitrogens with zero attached hydrogens (tertiary/aromatic N) is 2. The number of oxime groups is 1. The predicted molar refractivity (Wildman–Crippen MR) is 48.0 cm³/mol. The summed E-state index contributed by atoms with van der Waals surface area (Å²) in [7, 11) is 0. The van der Waals surface area contributed by atoms with E-state index in [1.165, 1.54) is 12.8 Å². The monoisotopic (exact) mass is 171 g/mol. The van der Waals surface area contributed by atoms with Gasteiger partial charge in [0.1, 0.15) is 0 Å². The van der Waals surface area contributed by atoms with Crippen molar-refractivity contribution in [2.75, 3.05) is 6.54 Å². The fraction of sp³-hybridized carbons (Fsp3) is 0.875. The topological polar surface area (TPSA) is 61.8 Å². The Kier molecular flexibility index (Phi) is 2.78. The van der Waals surface area contributed by atoms with Crippen molar-refractivity contribution >= 4 is 5.96 Å². The fourth-order valence-electron chi connectivity index (χ4n) is 1.20. The van der Waals surface area contributed by atoms with Gasteiger partial charge in [0.2, 0.25) is 5.96 Å². The van der Waals surface area contributed by atoms with Crippen molar-refractivity contribution in [3.05, 3.63) is 0 Å². The normalized spacial score (nSPS) is 18.4. The highest BCUT2D eigenvalue weighted by Crippen LogP contribution is 2.30. The van der Waals surface area contributed by atoms with Crippen LogP contribution in [0, 0.1) is 5.92 Å². The van der Waals surface area contributed by atoms with E-state index >= 15 is 0 Å². The third-order valence-corrected chi connectivity index (χ3v) is 2.17. The lowest BCUT2D eigenvalue weighted by Gasteiger charge is -2.26. The molecule has 3 N–H and O–H groups in total. The second-order valence-corrected chi connectivity index (χ2v) is 3.65. The van der Waals surface area contributed by atoms with Crippen LogP contribution in [0.5, 0.6) is 0 Å². The summed E-state index contributed by atoms with van der Waals surface area (Å²) in [5, 5.41) is 11.5. The van der Waals surface area contributed by atoms with E-state index in [2.05, 4.69) is 5.16 Å². The van der Waals surface area contributed by atoms with Gasteiger partial charge in [-0.1, -0.05) is 5.16 Å². The smallest absolute Gasteiger partial charge is 0.233 e. The lowest BCUT2D eigenvalue weighted by Crippen LogP contribution is -2.43. The highest BCUT2D eigenvalue weighted by molar-refractivity contribution is 5.77. The molecule has 1 aliphatic rings. The fourth-order valence-corrected chi connectivity index (χ4v) is 1.20. The molecule has 70 valence electrons. The molecule has 0 saturated heterocycles. The minimum absolute atomic E-state index is 0.233. The third-order valence-electron chi connectivity index (χ3n) is 2.17. The first kappa shape index (κ1) is 9.16. The Morgan fingerprint density at radius 2 is 2.25 bits per heavy atom. The van der Waals surface area contributed by atoms with Crippen LogP contribution < -0.4 is 5.73 Å². The van der Waals surface area contributed by atoms with E-state index in [1.807, 2.05) is 18.7 Å². The average molecular weight is 171 g/mol. The predicted octanol–water partition coefficient (Wildman–Crippen LogP) is 0.811. The molecule has 4 heteroatoms. The van der Waals surface area contributed by atoms with Gasteiger partial charge in [-0.05, 0) is 32.6 Å². The quantitative estimate of drug-likeness (QED) is 0.286. The Labute approximate surface area is 73.0 Å². The van der Waals surface area contributed by atoms with Gasteiger partial charge < -0.3 is 15.8 Å². The summed E-state index contributed by atoms with van der Waals surface area (Å²) in [6.45, 7) is 5.01. The van der Waals surface area contributed by atoms with Crippen molar-refractivity contribution < 1.29 is 5.21 Å². The summed E-state index contributed by atoms with van der Waals surface area (Å²) >= 11 is 0. The average Bonchev–Trinajstić information content (AvgIpc) is 2.81. The molecular weight excluding hydrogens is 154 g/mol. The van der Waals surface area contributed by atoms with Crippen LogP contribution in [0.3, 0.4) is 0 Å². The first-order valence-corrected chi connectivity index (χ1v) is 4.39. The minimum atomic E-state index is 0.233. The van der Waals surface area contributed by atoms with Gasteiger partial charge in [-0.25, -0.2) is 0 Å². The van der Waals surface area contributed by atoms with E-state index in [1.54, 1.807) is 0 Å². The maximum absolute atomic E-state index is 8.51. The van der Waals surface area contributed by atoms with Gasteiger partial charge in [-0.3, -0.25) is 0 Å². The Hall–Kier alpha value is -0.930.